The van der Waals surface area contributed by atoms with E-state index >= 15 is 0 Å². The molecule has 3 unspecified atom stereocenters. The Hall–Kier alpha value is -3.52. The lowest BCUT2D eigenvalue weighted by Crippen LogP contribution is -2.54. The number of aromatic nitrogens is 2. The van der Waals surface area contributed by atoms with E-state index in [1.807, 2.05) is 0 Å². The van der Waals surface area contributed by atoms with E-state index in [0.717, 1.165) is 0 Å². The number of unbranched alkanes of at least 4 members (excludes halogenated alkanes) is 1. The molecular weight excluding hydrogens is 438 g/mol. The van der Waals surface area contributed by atoms with Crippen molar-refractivity contribution in [1.29, 1.82) is 0 Å². The van der Waals surface area contributed by atoms with Crippen LogP contribution in [0, 0.1) is 0 Å². The van der Waals surface area contributed by atoms with E-state index in [9.17, 15) is 29.1 Å². The molecule has 0 spiro atoms. The fraction of sp³-hybridized carbons (Fsp3) is 0.579. The molecule has 0 radical (unpaired) electrons. The van der Waals surface area contributed by atoms with E-state index < -0.39 is 60.8 Å². The second kappa shape index (κ2) is 14.5. The smallest absolute Gasteiger partial charge is 0.326 e. The van der Waals surface area contributed by atoms with Gasteiger partial charge in [-0.3, -0.25) is 19.2 Å². The number of rotatable bonds is 16. The van der Waals surface area contributed by atoms with E-state index in [4.69, 9.17) is 16.6 Å². The van der Waals surface area contributed by atoms with Gasteiger partial charge in [0.05, 0.1) is 18.9 Å². The molecule has 3 atom stereocenters. The predicted molar refractivity (Wildman–Crippen MR) is 115 cm³/mol. The third-order valence-electron chi connectivity index (χ3n) is 4.61. The monoisotopic (exact) mass is 469 g/mol. The van der Waals surface area contributed by atoms with Crippen molar-refractivity contribution < 1.29 is 34.2 Å². The van der Waals surface area contributed by atoms with Gasteiger partial charge < -0.3 is 42.6 Å². The Morgan fingerprint density at radius 3 is 2.33 bits per heavy atom. The van der Waals surface area contributed by atoms with Crippen molar-refractivity contribution in [2.45, 2.75) is 56.7 Å². The molecular formula is C19H31N7O7. The molecule has 0 bridgehead atoms. The van der Waals surface area contributed by atoms with Crippen LogP contribution in [0.5, 0.6) is 0 Å². The molecule has 3 amide bonds. The molecule has 1 aromatic heterocycles. The zero-order chi connectivity index (χ0) is 24.8. The van der Waals surface area contributed by atoms with Crippen LogP contribution in [0.4, 0.5) is 0 Å². The number of carbonyl (C=O) groups excluding carboxylic acids is 3. The largest absolute Gasteiger partial charge is 0.481 e. The number of aliphatic carboxylic acids is 2. The molecule has 184 valence electrons. The third-order valence-corrected chi connectivity index (χ3v) is 4.61. The fourth-order valence-electron chi connectivity index (χ4n) is 2.83. The van der Waals surface area contributed by atoms with Crippen LogP contribution in [0.15, 0.2) is 12.5 Å². The number of aromatic amines is 1. The van der Waals surface area contributed by atoms with Crippen molar-refractivity contribution in [3.63, 3.8) is 0 Å². The number of imidazole rings is 1. The van der Waals surface area contributed by atoms with Crippen molar-refractivity contribution in [2.24, 2.45) is 11.5 Å². The maximum absolute atomic E-state index is 12.5. The van der Waals surface area contributed by atoms with Crippen molar-refractivity contribution in [2.75, 3.05) is 13.1 Å². The van der Waals surface area contributed by atoms with Crippen LogP contribution in [0.25, 0.3) is 0 Å². The van der Waals surface area contributed by atoms with E-state index in [1.165, 1.54) is 12.5 Å². The summed E-state index contributed by atoms with van der Waals surface area (Å²) in [4.78, 5) is 65.7. The molecule has 0 aromatic carbocycles. The normalized spacial score (nSPS) is 13.4. The molecule has 1 rings (SSSR count). The number of nitrogens with one attached hydrogen (secondary N) is 4. The van der Waals surface area contributed by atoms with E-state index in [1.54, 1.807) is 0 Å². The number of nitrogens with zero attached hydrogens (tertiary/aromatic N) is 1. The summed E-state index contributed by atoms with van der Waals surface area (Å²) in [6.45, 7) is -0.162. The highest BCUT2D eigenvalue weighted by molar-refractivity contribution is 5.92. The summed E-state index contributed by atoms with van der Waals surface area (Å²) in [7, 11) is 0. The number of carboxylic acid groups (broad SMARTS) is 2. The summed E-state index contributed by atoms with van der Waals surface area (Å²) in [6, 6.07) is -3.42. The molecule has 0 aliphatic heterocycles. The van der Waals surface area contributed by atoms with Gasteiger partial charge in [-0.25, -0.2) is 9.78 Å². The van der Waals surface area contributed by atoms with Gasteiger partial charge in [0, 0.05) is 24.7 Å². The van der Waals surface area contributed by atoms with Crippen molar-refractivity contribution in [3.05, 3.63) is 18.2 Å². The quantitative estimate of drug-likeness (QED) is 0.118. The maximum atomic E-state index is 12.5. The van der Waals surface area contributed by atoms with Crippen molar-refractivity contribution in [1.82, 2.24) is 25.9 Å². The van der Waals surface area contributed by atoms with E-state index in [2.05, 4.69) is 25.9 Å². The SMILES string of the molecule is NCCCCC(NC(=O)CNC(=O)C(CCC(=O)O)NC(=O)C(N)Cc1cnc[nH]1)C(=O)O. The Labute approximate surface area is 189 Å². The van der Waals surface area contributed by atoms with Gasteiger partial charge in [0.1, 0.15) is 12.1 Å². The first-order valence-electron chi connectivity index (χ1n) is 10.4. The number of amides is 3. The summed E-state index contributed by atoms with van der Waals surface area (Å²) < 4.78 is 0. The lowest BCUT2D eigenvalue weighted by atomic mass is 10.1. The molecule has 10 N–H and O–H groups in total. The minimum absolute atomic E-state index is 0.113. The molecule has 0 aliphatic carbocycles. The number of nitrogens with two attached hydrogens (primary N) is 2. The summed E-state index contributed by atoms with van der Waals surface area (Å²) in [5.41, 5.74) is 11.8. The van der Waals surface area contributed by atoms with Gasteiger partial charge in [-0.2, -0.15) is 0 Å². The summed E-state index contributed by atoms with van der Waals surface area (Å²) in [6.07, 6.45) is 3.65. The van der Waals surface area contributed by atoms with Gasteiger partial charge in [0.25, 0.3) is 0 Å². The lowest BCUT2D eigenvalue weighted by molar-refractivity contribution is -0.142. The highest BCUT2D eigenvalue weighted by atomic mass is 16.4. The lowest BCUT2D eigenvalue weighted by Gasteiger charge is -2.20. The van der Waals surface area contributed by atoms with Crippen molar-refractivity contribution in [3.8, 4) is 0 Å². The summed E-state index contributed by atoms with van der Waals surface area (Å²) in [5.74, 6) is -4.63. The Kier molecular flexibility index (Phi) is 12.1. The van der Waals surface area contributed by atoms with Gasteiger partial charge in [-0.05, 0) is 32.2 Å². The van der Waals surface area contributed by atoms with Gasteiger partial charge in [0.15, 0.2) is 0 Å². The van der Waals surface area contributed by atoms with Gasteiger partial charge in [-0.1, -0.05) is 0 Å². The van der Waals surface area contributed by atoms with Crippen LogP contribution in [-0.4, -0.2) is 81.1 Å². The Morgan fingerprint density at radius 2 is 1.76 bits per heavy atom. The second-order valence-corrected chi connectivity index (χ2v) is 7.34. The molecule has 33 heavy (non-hydrogen) atoms. The summed E-state index contributed by atoms with van der Waals surface area (Å²) in [5, 5.41) is 25.1. The average molecular weight is 469 g/mol. The number of hydrogen-bond acceptors (Lipinski definition) is 8. The second-order valence-electron chi connectivity index (χ2n) is 7.34. The number of carbonyl (C=O) groups is 5. The first kappa shape index (κ1) is 27.5. The first-order valence-corrected chi connectivity index (χ1v) is 10.4. The van der Waals surface area contributed by atoms with Crippen LogP contribution in [-0.2, 0) is 30.4 Å². The standard InChI is InChI=1S/C19H31N7O7/c20-6-2-1-3-14(19(32)33)25-15(27)9-23-18(31)13(4-5-16(28)29)26-17(30)12(21)7-11-8-22-10-24-11/h8,10,12-14H,1-7,9,20-21H2,(H,22,24)(H,23,31)(H,25,27)(H,26,30)(H,28,29)(H,32,33). The van der Waals surface area contributed by atoms with Crippen LogP contribution in [0.2, 0.25) is 0 Å². The molecule has 0 saturated heterocycles. The third kappa shape index (κ3) is 11.1. The Balaban J connectivity index is 2.64. The maximum Gasteiger partial charge on any atom is 0.326 e. The van der Waals surface area contributed by atoms with Crippen LogP contribution in [0.3, 0.4) is 0 Å². The van der Waals surface area contributed by atoms with Gasteiger partial charge in [-0.15, -0.1) is 0 Å². The molecule has 14 nitrogen and oxygen atoms in total. The molecule has 1 heterocycles. The topological polar surface area (TPSA) is 243 Å². The minimum atomic E-state index is -1.26. The van der Waals surface area contributed by atoms with E-state index in [0.29, 0.717) is 25.1 Å². The van der Waals surface area contributed by atoms with Crippen molar-refractivity contribution >= 4 is 29.7 Å². The zero-order valence-corrected chi connectivity index (χ0v) is 18.1. The molecule has 1 aromatic rings. The number of hydrogen-bond donors (Lipinski definition) is 8. The molecule has 14 heteroatoms. The highest BCUT2D eigenvalue weighted by Gasteiger charge is 2.26. The van der Waals surface area contributed by atoms with Crippen LogP contribution < -0.4 is 27.4 Å². The zero-order valence-electron chi connectivity index (χ0n) is 18.1. The summed E-state index contributed by atoms with van der Waals surface area (Å²) >= 11 is 0. The fourth-order valence-corrected chi connectivity index (χ4v) is 2.83. The van der Waals surface area contributed by atoms with Gasteiger partial charge >= 0.3 is 11.9 Å². The molecule has 0 fully saturated rings. The highest BCUT2D eigenvalue weighted by Crippen LogP contribution is 2.03. The number of H-pyrrole nitrogens is 1. The molecule has 0 saturated carbocycles. The first-order chi connectivity index (χ1) is 15.6. The van der Waals surface area contributed by atoms with E-state index in [-0.39, 0.29) is 19.3 Å². The van der Waals surface area contributed by atoms with Crippen LogP contribution >= 0.6 is 0 Å². The number of carboxylic acids is 2. The average Bonchev–Trinajstić information content (AvgIpc) is 3.26. The van der Waals surface area contributed by atoms with Gasteiger partial charge in [0.2, 0.25) is 17.7 Å². The van der Waals surface area contributed by atoms with Crippen LogP contribution in [0.1, 0.15) is 37.8 Å². The molecule has 0 aliphatic rings. The Bertz CT molecular complexity index is 800. The minimum Gasteiger partial charge on any atom is -0.481 e. The predicted octanol–water partition coefficient (Wildman–Crippen LogP) is -2.56. The Morgan fingerprint density at radius 1 is 1.03 bits per heavy atom.